The van der Waals surface area contributed by atoms with Gasteiger partial charge < -0.3 is 10.2 Å². The zero-order chi connectivity index (χ0) is 17.8. The topological polar surface area (TPSA) is 49.4 Å². The van der Waals surface area contributed by atoms with Crippen LogP contribution in [0.5, 0.6) is 0 Å². The van der Waals surface area contributed by atoms with Crippen molar-refractivity contribution in [1.29, 1.82) is 0 Å². The number of carbonyl (C=O) groups is 2. The molecule has 0 aromatic heterocycles. The minimum Gasteiger partial charge on any atom is -0.341 e. The molecule has 2 aromatic carbocycles. The van der Waals surface area contributed by atoms with Crippen LogP contribution in [0.25, 0.3) is 0 Å². The average molecular weight is 336 g/mol. The number of benzene rings is 2. The number of amides is 2. The molecule has 1 aliphatic heterocycles. The molecule has 4 nitrogen and oxygen atoms in total. The molecule has 0 saturated carbocycles. The summed E-state index contributed by atoms with van der Waals surface area (Å²) in [5, 5.41) is 2.82. The Morgan fingerprint density at radius 3 is 2.44 bits per heavy atom. The first kappa shape index (κ1) is 17.2. The predicted molar refractivity (Wildman–Crippen MR) is 97.9 cm³/mol. The van der Waals surface area contributed by atoms with Gasteiger partial charge in [0.05, 0.1) is 6.04 Å². The Kier molecular flexibility index (Phi) is 5.17. The molecule has 0 spiro atoms. The Hall–Kier alpha value is -2.62. The summed E-state index contributed by atoms with van der Waals surface area (Å²) in [4.78, 5) is 26.5. The monoisotopic (exact) mass is 336 g/mol. The number of aryl methyl sites for hydroxylation is 1. The quantitative estimate of drug-likeness (QED) is 0.876. The standard InChI is InChI=1S/C21H24N2O2/c1-3-16-8-10-17(11-9-16)15(2)22-20(24)21(25)23-13-12-18-6-4-5-7-19(18)14-23/h4-11,15H,3,12-14H2,1-2H3,(H,22,24). The number of fused-ring (bicyclic) bond motifs is 1. The number of rotatable bonds is 3. The van der Waals surface area contributed by atoms with E-state index >= 15 is 0 Å². The molecule has 130 valence electrons. The second kappa shape index (κ2) is 7.51. The lowest BCUT2D eigenvalue weighted by Crippen LogP contribution is -2.45. The number of nitrogens with zero attached hydrogens (tertiary/aromatic N) is 1. The summed E-state index contributed by atoms with van der Waals surface area (Å²) in [7, 11) is 0. The molecule has 0 radical (unpaired) electrons. The summed E-state index contributed by atoms with van der Waals surface area (Å²) < 4.78 is 0. The molecule has 1 heterocycles. The van der Waals surface area contributed by atoms with Crippen LogP contribution in [-0.4, -0.2) is 23.3 Å². The Morgan fingerprint density at radius 1 is 1.08 bits per heavy atom. The van der Waals surface area contributed by atoms with Crippen molar-refractivity contribution in [3.8, 4) is 0 Å². The van der Waals surface area contributed by atoms with Crippen LogP contribution in [0.2, 0.25) is 0 Å². The van der Waals surface area contributed by atoms with Crippen molar-refractivity contribution < 1.29 is 9.59 Å². The third-order valence-corrected chi connectivity index (χ3v) is 4.85. The molecule has 1 unspecified atom stereocenters. The molecule has 2 amide bonds. The Balaban J connectivity index is 1.61. The van der Waals surface area contributed by atoms with E-state index < -0.39 is 11.8 Å². The maximum atomic E-state index is 12.5. The molecular formula is C21H24N2O2. The predicted octanol–water partition coefficient (Wildman–Crippen LogP) is 3.01. The van der Waals surface area contributed by atoms with Crippen molar-refractivity contribution in [2.75, 3.05) is 6.54 Å². The van der Waals surface area contributed by atoms with Gasteiger partial charge >= 0.3 is 11.8 Å². The van der Waals surface area contributed by atoms with Gasteiger partial charge in [-0.2, -0.15) is 0 Å². The number of carbonyl (C=O) groups excluding carboxylic acids is 2. The van der Waals surface area contributed by atoms with Crippen LogP contribution in [0.15, 0.2) is 48.5 Å². The highest BCUT2D eigenvalue weighted by molar-refractivity contribution is 6.35. The molecule has 3 rings (SSSR count). The maximum Gasteiger partial charge on any atom is 0.312 e. The van der Waals surface area contributed by atoms with E-state index in [4.69, 9.17) is 0 Å². The van der Waals surface area contributed by atoms with Gasteiger partial charge in [0.2, 0.25) is 0 Å². The number of nitrogens with one attached hydrogen (secondary N) is 1. The highest BCUT2D eigenvalue weighted by Gasteiger charge is 2.26. The number of hydrogen-bond acceptors (Lipinski definition) is 2. The van der Waals surface area contributed by atoms with E-state index in [2.05, 4.69) is 30.4 Å². The van der Waals surface area contributed by atoms with Crippen molar-refractivity contribution in [3.05, 3.63) is 70.8 Å². The van der Waals surface area contributed by atoms with E-state index in [0.717, 1.165) is 24.0 Å². The molecule has 1 aliphatic rings. The second-order valence-corrected chi connectivity index (χ2v) is 6.54. The van der Waals surface area contributed by atoms with Crippen LogP contribution in [0.3, 0.4) is 0 Å². The summed E-state index contributed by atoms with van der Waals surface area (Å²) in [6, 6.07) is 16.0. The molecule has 1 atom stereocenters. The Bertz CT molecular complexity index is 768. The van der Waals surface area contributed by atoms with Crippen LogP contribution in [-0.2, 0) is 29.0 Å². The van der Waals surface area contributed by atoms with Gasteiger partial charge in [-0.1, -0.05) is 55.5 Å². The van der Waals surface area contributed by atoms with Crippen molar-refractivity contribution in [2.45, 2.75) is 39.3 Å². The molecule has 1 N–H and O–H groups in total. The van der Waals surface area contributed by atoms with E-state index in [1.54, 1.807) is 4.90 Å². The minimum atomic E-state index is -0.536. The SMILES string of the molecule is CCc1ccc(C(C)NC(=O)C(=O)N2CCc3ccccc3C2)cc1. The van der Waals surface area contributed by atoms with Crippen molar-refractivity contribution in [1.82, 2.24) is 10.2 Å². The molecule has 25 heavy (non-hydrogen) atoms. The van der Waals surface area contributed by atoms with E-state index in [0.29, 0.717) is 13.1 Å². The van der Waals surface area contributed by atoms with Gasteiger partial charge in [-0.3, -0.25) is 9.59 Å². The fraction of sp³-hybridized carbons (Fsp3) is 0.333. The molecular weight excluding hydrogens is 312 g/mol. The summed E-state index contributed by atoms with van der Waals surface area (Å²) >= 11 is 0. The first-order valence-electron chi connectivity index (χ1n) is 8.84. The van der Waals surface area contributed by atoms with Crippen molar-refractivity contribution in [3.63, 3.8) is 0 Å². The summed E-state index contributed by atoms with van der Waals surface area (Å²) in [6.45, 7) is 5.10. The summed E-state index contributed by atoms with van der Waals surface area (Å²) in [6.07, 6.45) is 1.78. The number of hydrogen-bond donors (Lipinski definition) is 1. The van der Waals surface area contributed by atoms with E-state index in [1.807, 2.05) is 37.3 Å². The van der Waals surface area contributed by atoms with Gasteiger partial charge in [-0.05, 0) is 42.0 Å². The first-order valence-corrected chi connectivity index (χ1v) is 8.84. The smallest absolute Gasteiger partial charge is 0.312 e. The van der Waals surface area contributed by atoms with Gasteiger partial charge in [0, 0.05) is 13.1 Å². The van der Waals surface area contributed by atoms with Crippen LogP contribution in [0.4, 0.5) is 0 Å². The summed E-state index contributed by atoms with van der Waals surface area (Å²) in [5.41, 5.74) is 4.64. The minimum absolute atomic E-state index is 0.195. The van der Waals surface area contributed by atoms with Crippen LogP contribution >= 0.6 is 0 Å². The van der Waals surface area contributed by atoms with Gasteiger partial charge in [0.25, 0.3) is 0 Å². The van der Waals surface area contributed by atoms with Crippen LogP contribution in [0.1, 0.15) is 42.1 Å². The fourth-order valence-electron chi connectivity index (χ4n) is 3.20. The summed E-state index contributed by atoms with van der Waals surface area (Å²) in [5.74, 6) is -0.988. The van der Waals surface area contributed by atoms with Crippen LogP contribution < -0.4 is 5.32 Å². The van der Waals surface area contributed by atoms with Crippen molar-refractivity contribution in [2.24, 2.45) is 0 Å². The third kappa shape index (κ3) is 3.90. The van der Waals surface area contributed by atoms with Crippen LogP contribution in [0, 0.1) is 0 Å². The Labute approximate surface area is 148 Å². The first-order chi connectivity index (χ1) is 12.1. The molecule has 0 fully saturated rings. The van der Waals surface area contributed by atoms with E-state index in [9.17, 15) is 9.59 Å². The highest BCUT2D eigenvalue weighted by Crippen LogP contribution is 2.19. The van der Waals surface area contributed by atoms with Crippen molar-refractivity contribution >= 4 is 11.8 Å². The fourth-order valence-corrected chi connectivity index (χ4v) is 3.20. The maximum absolute atomic E-state index is 12.5. The highest BCUT2D eigenvalue weighted by atomic mass is 16.2. The average Bonchev–Trinajstić information content (AvgIpc) is 2.67. The largest absolute Gasteiger partial charge is 0.341 e. The molecule has 0 bridgehead atoms. The molecule has 2 aromatic rings. The molecule has 0 saturated heterocycles. The van der Waals surface area contributed by atoms with Gasteiger partial charge in [-0.25, -0.2) is 0 Å². The molecule has 4 heteroatoms. The zero-order valence-corrected chi connectivity index (χ0v) is 14.8. The van der Waals surface area contributed by atoms with E-state index in [1.165, 1.54) is 11.1 Å². The van der Waals surface area contributed by atoms with Gasteiger partial charge in [0.15, 0.2) is 0 Å². The second-order valence-electron chi connectivity index (χ2n) is 6.54. The third-order valence-electron chi connectivity index (χ3n) is 4.85. The van der Waals surface area contributed by atoms with E-state index in [-0.39, 0.29) is 6.04 Å². The zero-order valence-electron chi connectivity index (χ0n) is 14.8. The lowest BCUT2D eigenvalue weighted by Gasteiger charge is -2.28. The molecule has 0 aliphatic carbocycles. The van der Waals surface area contributed by atoms with Gasteiger partial charge in [0.1, 0.15) is 0 Å². The lowest BCUT2D eigenvalue weighted by molar-refractivity contribution is -0.146. The Morgan fingerprint density at radius 2 is 1.76 bits per heavy atom. The lowest BCUT2D eigenvalue weighted by atomic mass is 10.00. The normalized spacial score (nSPS) is 14.6. The van der Waals surface area contributed by atoms with Gasteiger partial charge in [-0.15, -0.1) is 0 Å².